The van der Waals surface area contributed by atoms with Crippen LogP contribution in [0.3, 0.4) is 0 Å². The van der Waals surface area contributed by atoms with Gasteiger partial charge in [0.2, 0.25) is 6.36 Å². The van der Waals surface area contributed by atoms with Crippen molar-refractivity contribution >= 4 is 17.3 Å². The molecule has 0 amide bonds. The topological polar surface area (TPSA) is 48.4 Å². The van der Waals surface area contributed by atoms with Crippen molar-refractivity contribution in [1.82, 2.24) is 4.98 Å². The van der Waals surface area contributed by atoms with Gasteiger partial charge in [-0.05, 0) is 31.2 Å². The highest BCUT2D eigenvalue weighted by Crippen LogP contribution is 2.26. The summed E-state index contributed by atoms with van der Waals surface area (Å²) < 4.78 is 23.5. The molecule has 0 radical (unpaired) electrons. The highest BCUT2D eigenvalue weighted by Gasteiger charge is 2.20. The van der Waals surface area contributed by atoms with Crippen LogP contribution in [0, 0.1) is 5.92 Å². The van der Waals surface area contributed by atoms with Gasteiger partial charge in [-0.1, -0.05) is 13.8 Å². The first-order chi connectivity index (χ1) is 10.5. The highest BCUT2D eigenvalue weighted by molar-refractivity contribution is 7.13. The Morgan fingerprint density at radius 1 is 1.32 bits per heavy atom. The van der Waals surface area contributed by atoms with E-state index in [0.29, 0.717) is 11.6 Å². The van der Waals surface area contributed by atoms with Crippen molar-refractivity contribution in [3.05, 3.63) is 35.3 Å². The zero-order valence-corrected chi connectivity index (χ0v) is 13.5. The van der Waals surface area contributed by atoms with Gasteiger partial charge < -0.3 is 9.47 Å². The summed E-state index contributed by atoms with van der Waals surface area (Å²) in [5, 5.41) is 2.25. The molecule has 1 aromatic heterocycles. The zero-order chi connectivity index (χ0) is 16.1. The Hall–Kier alpha value is -1.95. The molecule has 0 bridgehead atoms. The fourth-order valence-electron chi connectivity index (χ4n) is 1.66. The van der Waals surface area contributed by atoms with Gasteiger partial charge in [0.1, 0.15) is 10.8 Å². The lowest BCUT2D eigenvalue weighted by molar-refractivity contribution is -0.0377. The molecule has 1 heterocycles. The number of nitrogens with zero attached hydrogens (tertiary/aromatic N) is 1. The van der Waals surface area contributed by atoms with Crippen molar-refractivity contribution in [2.24, 2.45) is 5.92 Å². The van der Waals surface area contributed by atoms with Gasteiger partial charge in [0.25, 0.3) is 0 Å². The van der Waals surface area contributed by atoms with E-state index in [9.17, 15) is 9.18 Å². The van der Waals surface area contributed by atoms with Gasteiger partial charge in [-0.15, -0.1) is 11.3 Å². The van der Waals surface area contributed by atoms with E-state index in [2.05, 4.69) is 4.98 Å². The van der Waals surface area contributed by atoms with Crippen LogP contribution >= 0.6 is 11.3 Å². The largest absolute Gasteiger partial charge is 0.494 e. The molecule has 0 spiro atoms. The van der Waals surface area contributed by atoms with Crippen molar-refractivity contribution in [3.8, 4) is 16.3 Å². The van der Waals surface area contributed by atoms with Gasteiger partial charge in [0.15, 0.2) is 5.69 Å². The monoisotopic (exact) mass is 323 g/mol. The number of hydrogen-bond acceptors (Lipinski definition) is 5. The second kappa shape index (κ2) is 7.35. The third kappa shape index (κ3) is 4.04. The summed E-state index contributed by atoms with van der Waals surface area (Å²) in [4.78, 5) is 16.0. The molecule has 6 heteroatoms. The normalized spacial score (nSPS) is 12.2. The number of ether oxygens (including phenoxy) is 2. The number of halogens is 1. The van der Waals surface area contributed by atoms with E-state index >= 15 is 0 Å². The van der Waals surface area contributed by atoms with E-state index in [-0.39, 0.29) is 11.6 Å². The van der Waals surface area contributed by atoms with Crippen LogP contribution in [-0.4, -0.2) is 23.9 Å². The Morgan fingerprint density at radius 2 is 2.00 bits per heavy atom. The van der Waals surface area contributed by atoms with E-state index < -0.39 is 12.3 Å². The van der Waals surface area contributed by atoms with E-state index in [1.165, 1.54) is 11.3 Å². The lowest BCUT2D eigenvalue weighted by Gasteiger charge is -2.11. The average molecular weight is 323 g/mol. The van der Waals surface area contributed by atoms with E-state index in [1.54, 1.807) is 19.2 Å². The predicted molar refractivity (Wildman–Crippen MR) is 83.9 cm³/mol. The van der Waals surface area contributed by atoms with Gasteiger partial charge in [-0.25, -0.2) is 14.2 Å². The summed E-state index contributed by atoms with van der Waals surface area (Å²) in [6, 6.07) is 7.42. The maximum Gasteiger partial charge on any atom is 0.360 e. The van der Waals surface area contributed by atoms with Gasteiger partial charge in [0.05, 0.1) is 6.61 Å². The van der Waals surface area contributed by atoms with Crippen molar-refractivity contribution < 1.29 is 18.7 Å². The minimum absolute atomic E-state index is 0.122. The van der Waals surface area contributed by atoms with Gasteiger partial charge in [-0.3, -0.25) is 0 Å². The summed E-state index contributed by atoms with van der Waals surface area (Å²) in [5.41, 5.74) is 0.991. The number of thiazole rings is 1. The number of carbonyl (C=O) groups is 1. The molecule has 0 aliphatic heterocycles. The van der Waals surface area contributed by atoms with E-state index in [1.807, 2.05) is 31.2 Å². The van der Waals surface area contributed by atoms with Crippen molar-refractivity contribution in [3.63, 3.8) is 0 Å². The molecule has 0 saturated heterocycles. The molecular weight excluding hydrogens is 305 g/mol. The number of esters is 1. The molecule has 2 rings (SSSR count). The lowest BCUT2D eigenvalue weighted by Crippen LogP contribution is -2.19. The van der Waals surface area contributed by atoms with Crippen molar-refractivity contribution in [2.75, 3.05) is 6.61 Å². The number of alkyl halides is 1. The highest BCUT2D eigenvalue weighted by atomic mass is 32.1. The second-order valence-electron chi connectivity index (χ2n) is 5.00. The Morgan fingerprint density at radius 3 is 2.59 bits per heavy atom. The summed E-state index contributed by atoms with van der Waals surface area (Å²) in [7, 11) is 0. The standard InChI is InChI=1S/C16H18FNO3S/c1-4-20-12-7-5-11(6-8-12)15-18-13(9-22-15)16(19)21-14(17)10(2)3/h5-10,14H,4H2,1-3H3. The zero-order valence-electron chi connectivity index (χ0n) is 12.7. The number of hydrogen-bond donors (Lipinski definition) is 0. The van der Waals surface area contributed by atoms with E-state index in [4.69, 9.17) is 9.47 Å². The van der Waals surface area contributed by atoms with Gasteiger partial charge >= 0.3 is 5.97 Å². The van der Waals surface area contributed by atoms with Crippen molar-refractivity contribution in [2.45, 2.75) is 27.1 Å². The van der Waals surface area contributed by atoms with Crippen LogP contribution in [0.1, 0.15) is 31.3 Å². The molecule has 0 N–H and O–H groups in total. The van der Waals surface area contributed by atoms with Crippen LogP contribution in [0.4, 0.5) is 4.39 Å². The third-order valence-electron chi connectivity index (χ3n) is 2.87. The second-order valence-corrected chi connectivity index (χ2v) is 5.85. The molecule has 2 aromatic rings. The lowest BCUT2D eigenvalue weighted by atomic mass is 10.2. The molecule has 0 aliphatic carbocycles. The van der Waals surface area contributed by atoms with Gasteiger partial charge in [0, 0.05) is 16.9 Å². The first-order valence-electron chi connectivity index (χ1n) is 7.05. The molecule has 0 fully saturated rings. The molecule has 4 nitrogen and oxygen atoms in total. The Kier molecular flexibility index (Phi) is 5.49. The maximum absolute atomic E-state index is 13.4. The third-order valence-corrected chi connectivity index (χ3v) is 3.76. The minimum atomic E-state index is -1.62. The van der Waals surface area contributed by atoms with Gasteiger partial charge in [-0.2, -0.15) is 0 Å². The minimum Gasteiger partial charge on any atom is -0.494 e. The molecular formula is C16H18FNO3S. The molecule has 22 heavy (non-hydrogen) atoms. The first kappa shape index (κ1) is 16.4. The average Bonchev–Trinajstić information content (AvgIpc) is 2.98. The molecule has 1 aromatic carbocycles. The molecule has 118 valence electrons. The Bertz CT molecular complexity index is 625. The number of aromatic nitrogens is 1. The molecule has 1 unspecified atom stereocenters. The summed E-state index contributed by atoms with van der Waals surface area (Å²) in [6.45, 7) is 5.81. The SMILES string of the molecule is CCOc1ccc(-c2nc(C(=O)OC(F)C(C)C)cs2)cc1. The Balaban J connectivity index is 2.09. The maximum atomic E-state index is 13.4. The van der Waals surface area contributed by atoms with Crippen LogP contribution in [0.15, 0.2) is 29.6 Å². The number of benzene rings is 1. The number of carbonyl (C=O) groups excluding carboxylic acids is 1. The smallest absolute Gasteiger partial charge is 0.360 e. The van der Waals surface area contributed by atoms with E-state index in [0.717, 1.165) is 11.3 Å². The van der Waals surface area contributed by atoms with Crippen LogP contribution in [-0.2, 0) is 4.74 Å². The van der Waals surface area contributed by atoms with Crippen LogP contribution in [0.5, 0.6) is 5.75 Å². The van der Waals surface area contributed by atoms with Crippen molar-refractivity contribution in [1.29, 1.82) is 0 Å². The van der Waals surface area contributed by atoms with Crippen LogP contribution in [0.25, 0.3) is 10.6 Å². The number of rotatable bonds is 6. The van der Waals surface area contributed by atoms with Crippen LogP contribution < -0.4 is 4.74 Å². The summed E-state index contributed by atoms with van der Waals surface area (Å²) in [5.74, 6) is -0.345. The summed E-state index contributed by atoms with van der Waals surface area (Å²) >= 11 is 1.31. The molecule has 0 saturated carbocycles. The fourth-order valence-corrected chi connectivity index (χ4v) is 2.45. The predicted octanol–water partition coefficient (Wildman–Crippen LogP) is 4.32. The first-order valence-corrected chi connectivity index (χ1v) is 7.93. The molecule has 1 atom stereocenters. The van der Waals surface area contributed by atoms with Crippen LogP contribution in [0.2, 0.25) is 0 Å². The summed E-state index contributed by atoms with van der Waals surface area (Å²) in [6.07, 6.45) is -1.62. The quantitative estimate of drug-likeness (QED) is 0.743. The Labute approximate surface area is 132 Å². The fraction of sp³-hybridized carbons (Fsp3) is 0.375. The molecule has 0 aliphatic rings.